The van der Waals surface area contributed by atoms with Gasteiger partial charge in [0.2, 0.25) is 0 Å². The van der Waals surface area contributed by atoms with Crippen molar-refractivity contribution in [2.24, 2.45) is 0 Å². The second-order valence-corrected chi connectivity index (χ2v) is 9.69. The van der Waals surface area contributed by atoms with E-state index in [0.717, 1.165) is 5.56 Å². The van der Waals surface area contributed by atoms with Gasteiger partial charge in [0.15, 0.2) is 6.29 Å². The Balaban J connectivity index is 1.55. The fourth-order valence-corrected chi connectivity index (χ4v) is 3.24. The van der Waals surface area contributed by atoms with Gasteiger partial charge in [0.25, 0.3) is 0 Å². The van der Waals surface area contributed by atoms with Gasteiger partial charge < -0.3 is 28.4 Å². The Bertz CT molecular complexity index is 1040. The van der Waals surface area contributed by atoms with Crippen molar-refractivity contribution in [1.29, 1.82) is 0 Å². The molecule has 37 heavy (non-hydrogen) atoms. The predicted molar refractivity (Wildman–Crippen MR) is 142 cm³/mol. The van der Waals surface area contributed by atoms with Gasteiger partial charge in [-0.05, 0) is 81.4 Å². The van der Waals surface area contributed by atoms with Crippen LogP contribution in [0.5, 0.6) is 17.2 Å². The third-order valence-corrected chi connectivity index (χ3v) is 5.12. The summed E-state index contributed by atoms with van der Waals surface area (Å²) in [6.07, 6.45) is -1.47. The van der Waals surface area contributed by atoms with Gasteiger partial charge in [0.1, 0.15) is 36.1 Å². The van der Waals surface area contributed by atoms with Crippen LogP contribution < -0.4 is 14.2 Å². The van der Waals surface area contributed by atoms with Gasteiger partial charge in [-0.15, -0.1) is 0 Å². The van der Waals surface area contributed by atoms with E-state index in [9.17, 15) is 4.79 Å². The van der Waals surface area contributed by atoms with Crippen LogP contribution in [-0.4, -0.2) is 38.2 Å². The first-order valence-electron chi connectivity index (χ1n) is 11.7. The summed E-state index contributed by atoms with van der Waals surface area (Å²) in [6, 6.07) is 21.0. The smallest absolute Gasteiger partial charge is 0.491 e. The van der Waals surface area contributed by atoms with Crippen molar-refractivity contribution in [1.82, 2.24) is 0 Å². The summed E-state index contributed by atoms with van der Waals surface area (Å²) in [7, 11) is 0. The molecular formula is C28H30Cl2O7. The zero-order chi connectivity index (χ0) is 26.7. The zero-order valence-corrected chi connectivity index (χ0v) is 22.5. The van der Waals surface area contributed by atoms with Crippen molar-refractivity contribution in [2.45, 2.75) is 32.7 Å². The molecule has 0 heterocycles. The molecule has 0 spiro atoms. The van der Waals surface area contributed by atoms with Crippen LogP contribution in [0, 0.1) is 0 Å². The van der Waals surface area contributed by atoms with Crippen LogP contribution in [0.3, 0.4) is 0 Å². The molecule has 0 unspecified atom stereocenters. The van der Waals surface area contributed by atoms with Crippen molar-refractivity contribution in [2.75, 3.05) is 26.4 Å². The van der Waals surface area contributed by atoms with Gasteiger partial charge in [-0.2, -0.15) is 0 Å². The Morgan fingerprint density at radius 1 is 0.676 bits per heavy atom. The summed E-state index contributed by atoms with van der Waals surface area (Å²) in [6.45, 7) is 6.45. The van der Waals surface area contributed by atoms with E-state index in [4.69, 9.17) is 51.6 Å². The molecular weight excluding hydrogens is 519 g/mol. The molecule has 198 valence electrons. The molecule has 0 aliphatic carbocycles. The molecule has 0 aliphatic heterocycles. The summed E-state index contributed by atoms with van der Waals surface area (Å²) in [5, 5.41) is 1.27. The van der Waals surface area contributed by atoms with Crippen LogP contribution in [0.2, 0.25) is 10.0 Å². The number of halogens is 2. The monoisotopic (exact) mass is 548 g/mol. The minimum atomic E-state index is -0.775. The average Bonchev–Trinajstić information content (AvgIpc) is 2.84. The molecule has 0 atom stereocenters. The number of benzene rings is 3. The minimum absolute atomic E-state index is 0.265. The molecule has 0 N–H and O–H groups in total. The summed E-state index contributed by atoms with van der Waals surface area (Å²) in [5.41, 5.74) is 0.0842. The van der Waals surface area contributed by atoms with Gasteiger partial charge in [-0.3, -0.25) is 0 Å². The number of carbonyl (C=O) groups excluding carboxylic acids is 1. The van der Waals surface area contributed by atoms with Crippen molar-refractivity contribution in [3.8, 4) is 17.2 Å². The first-order chi connectivity index (χ1) is 17.7. The van der Waals surface area contributed by atoms with E-state index in [2.05, 4.69) is 0 Å². The summed E-state index contributed by atoms with van der Waals surface area (Å²) >= 11 is 11.8. The van der Waals surface area contributed by atoms with Crippen LogP contribution in [0.15, 0.2) is 72.8 Å². The van der Waals surface area contributed by atoms with E-state index in [-0.39, 0.29) is 13.2 Å². The fraction of sp³-hybridized carbons (Fsp3) is 0.321. The Morgan fingerprint density at radius 3 is 1.54 bits per heavy atom. The van der Waals surface area contributed by atoms with Crippen molar-refractivity contribution in [3.05, 3.63) is 88.4 Å². The molecule has 0 saturated heterocycles. The second kappa shape index (κ2) is 14.1. The van der Waals surface area contributed by atoms with Crippen molar-refractivity contribution < 1.29 is 33.2 Å². The van der Waals surface area contributed by atoms with Crippen molar-refractivity contribution in [3.63, 3.8) is 0 Å². The SMILES string of the molecule is CC(C)(C)OC(=O)Oc1ccc(C(OCCOc2ccc(Cl)cc2)OCCOc2ccc(Cl)cc2)cc1. The highest BCUT2D eigenvalue weighted by molar-refractivity contribution is 6.30. The number of hydrogen-bond donors (Lipinski definition) is 0. The van der Waals surface area contributed by atoms with E-state index in [0.29, 0.717) is 40.5 Å². The van der Waals surface area contributed by atoms with E-state index >= 15 is 0 Å². The van der Waals surface area contributed by atoms with Crippen LogP contribution in [0.4, 0.5) is 4.79 Å². The van der Waals surface area contributed by atoms with Gasteiger partial charge in [-0.25, -0.2) is 4.79 Å². The molecule has 0 aromatic heterocycles. The minimum Gasteiger partial charge on any atom is -0.491 e. The van der Waals surface area contributed by atoms with Gasteiger partial charge >= 0.3 is 6.16 Å². The fourth-order valence-electron chi connectivity index (χ4n) is 2.99. The quantitative estimate of drug-likeness (QED) is 0.100. The zero-order valence-electron chi connectivity index (χ0n) is 20.9. The highest BCUT2D eigenvalue weighted by atomic mass is 35.5. The molecule has 0 bridgehead atoms. The first-order valence-corrected chi connectivity index (χ1v) is 12.4. The Kier molecular flexibility index (Phi) is 10.9. The number of ether oxygens (including phenoxy) is 6. The van der Waals surface area contributed by atoms with Crippen LogP contribution in [0.1, 0.15) is 32.6 Å². The molecule has 3 aromatic rings. The lowest BCUT2D eigenvalue weighted by Gasteiger charge is -2.20. The van der Waals surface area contributed by atoms with Gasteiger partial charge in [0.05, 0.1) is 13.2 Å². The summed E-state index contributed by atoms with van der Waals surface area (Å²) in [5.74, 6) is 1.71. The molecule has 3 rings (SSSR count). The lowest BCUT2D eigenvalue weighted by molar-refractivity contribution is -0.154. The Labute approximate surface area is 227 Å². The molecule has 7 nitrogen and oxygen atoms in total. The largest absolute Gasteiger partial charge is 0.514 e. The number of hydrogen-bond acceptors (Lipinski definition) is 7. The molecule has 0 saturated carbocycles. The molecule has 0 amide bonds. The van der Waals surface area contributed by atoms with Crippen LogP contribution >= 0.6 is 23.2 Å². The number of carbonyl (C=O) groups is 1. The Morgan fingerprint density at radius 2 is 1.11 bits per heavy atom. The number of rotatable bonds is 12. The third kappa shape index (κ3) is 10.9. The average molecular weight is 549 g/mol. The van der Waals surface area contributed by atoms with Crippen LogP contribution in [0.25, 0.3) is 0 Å². The third-order valence-electron chi connectivity index (χ3n) is 4.61. The van der Waals surface area contributed by atoms with Gasteiger partial charge in [-0.1, -0.05) is 35.3 Å². The predicted octanol–water partition coefficient (Wildman–Crippen LogP) is 7.50. The van der Waals surface area contributed by atoms with E-state index in [1.54, 1.807) is 93.6 Å². The van der Waals surface area contributed by atoms with Crippen LogP contribution in [-0.2, 0) is 14.2 Å². The van der Waals surface area contributed by atoms with E-state index in [1.165, 1.54) is 0 Å². The highest BCUT2D eigenvalue weighted by Crippen LogP contribution is 2.24. The molecule has 3 aromatic carbocycles. The summed E-state index contributed by atoms with van der Waals surface area (Å²) < 4.78 is 33.7. The molecule has 0 aliphatic rings. The standard InChI is InChI=1S/C28H30Cl2O7/c1-28(2,3)37-27(31)36-25-10-4-20(5-11-25)26(34-18-16-32-23-12-6-21(29)7-13-23)35-19-17-33-24-14-8-22(30)9-15-24/h4-15,26H,16-19H2,1-3H3. The topological polar surface area (TPSA) is 72.5 Å². The van der Waals surface area contributed by atoms with Gasteiger partial charge in [0, 0.05) is 15.6 Å². The van der Waals surface area contributed by atoms with E-state index in [1.807, 2.05) is 0 Å². The normalized spacial score (nSPS) is 11.3. The maximum atomic E-state index is 11.9. The van der Waals surface area contributed by atoms with E-state index < -0.39 is 18.0 Å². The maximum absolute atomic E-state index is 11.9. The Hall–Kier alpha value is -2.97. The summed E-state index contributed by atoms with van der Waals surface area (Å²) in [4.78, 5) is 11.9. The molecule has 0 radical (unpaired) electrons. The lowest BCUT2D eigenvalue weighted by atomic mass is 10.2. The molecule has 0 fully saturated rings. The maximum Gasteiger partial charge on any atom is 0.514 e. The lowest BCUT2D eigenvalue weighted by Crippen LogP contribution is -2.26. The highest BCUT2D eigenvalue weighted by Gasteiger charge is 2.19. The first kappa shape index (κ1) is 28.6. The second-order valence-electron chi connectivity index (χ2n) is 8.81. The van der Waals surface area contributed by atoms with Crippen molar-refractivity contribution >= 4 is 29.4 Å². The molecule has 9 heteroatoms.